The fourth-order valence-corrected chi connectivity index (χ4v) is 4.70. The summed E-state index contributed by atoms with van der Waals surface area (Å²) >= 11 is 0. The Kier molecular flexibility index (Phi) is 5.25. The molecule has 4 atom stereocenters. The normalized spacial score (nSPS) is 25.8. The predicted molar refractivity (Wildman–Crippen MR) is 125 cm³/mol. The number of alkyl halides is 1. The lowest BCUT2D eigenvalue weighted by Gasteiger charge is -2.44. The first kappa shape index (κ1) is 21.3. The molecular weight excluding hydrogens is 421 g/mol. The standard InChI is InChI=1S/C25H26FN5O2/c1-25-8-6-17(30-25)12-20(24(25)26)31(2)22-14-28-19(13-29-22)18-5-4-15(10-21(18)32)16-7-9-27-23(11-16)33-3/h4-11,13-14,17,20,24,30,32H,12H2,1-3H3/t17?,20-,24-,25+/m1/s1. The first-order chi connectivity index (χ1) is 15.9. The molecule has 0 saturated carbocycles. The number of ether oxygens (including phenoxy) is 1. The van der Waals surface area contributed by atoms with Gasteiger partial charge >= 0.3 is 0 Å². The highest BCUT2D eigenvalue weighted by Crippen LogP contribution is 2.37. The number of nitrogens with zero attached hydrogens (tertiary/aromatic N) is 4. The van der Waals surface area contributed by atoms with E-state index in [9.17, 15) is 5.11 Å². The molecule has 2 aliphatic rings. The van der Waals surface area contributed by atoms with E-state index in [0.717, 1.165) is 11.1 Å². The minimum absolute atomic E-state index is 0.0939. The molecule has 1 unspecified atom stereocenters. The Morgan fingerprint density at radius 2 is 1.97 bits per heavy atom. The van der Waals surface area contributed by atoms with Gasteiger partial charge in [-0.1, -0.05) is 18.2 Å². The van der Waals surface area contributed by atoms with Gasteiger partial charge in [-0.25, -0.2) is 14.4 Å². The SMILES string of the molecule is COc1cc(-c2ccc(-c3cnc(N(C)[C@@H]4CC5C=C[C@](C)(N5)[C@@H]4F)cn3)c(O)c2)ccn1. The number of hydrogen-bond acceptors (Lipinski definition) is 7. The number of hydrogen-bond donors (Lipinski definition) is 2. The maximum atomic E-state index is 15.2. The van der Waals surface area contributed by atoms with Crippen LogP contribution in [0.15, 0.2) is 61.1 Å². The van der Waals surface area contributed by atoms with Crippen LogP contribution in [0, 0.1) is 0 Å². The topological polar surface area (TPSA) is 83.4 Å². The van der Waals surface area contributed by atoms with Crippen molar-refractivity contribution in [2.24, 2.45) is 0 Å². The molecule has 3 aromatic rings. The van der Waals surface area contributed by atoms with Crippen LogP contribution in [0.5, 0.6) is 11.6 Å². The Hall–Kier alpha value is -3.52. The summed E-state index contributed by atoms with van der Waals surface area (Å²) in [6.45, 7) is 1.89. The number of nitrogens with one attached hydrogen (secondary N) is 1. The number of halogens is 1. The Bertz CT molecular complexity index is 1200. The average molecular weight is 448 g/mol. The van der Waals surface area contributed by atoms with Gasteiger partial charge in [0.25, 0.3) is 0 Å². The third-order valence-corrected chi connectivity index (χ3v) is 6.63. The van der Waals surface area contributed by atoms with Crippen LogP contribution in [0.1, 0.15) is 13.3 Å². The minimum Gasteiger partial charge on any atom is -0.507 e. The molecule has 0 aliphatic carbocycles. The van der Waals surface area contributed by atoms with Gasteiger partial charge in [0, 0.05) is 30.9 Å². The van der Waals surface area contributed by atoms with E-state index < -0.39 is 11.7 Å². The van der Waals surface area contributed by atoms with Crippen molar-refractivity contribution in [1.29, 1.82) is 0 Å². The minimum atomic E-state index is -1.07. The molecule has 0 radical (unpaired) electrons. The molecule has 8 heteroatoms. The number of methoxy groups -OCH3 is 1. The Labute approximate surface area is 192 Å². The van der Waals surface area contributed by atoms with Gasteiger partial charge in [-0.15, -0.1) is 0 Å². The van der Waals surface area contributed by atoms with E-state index >= 15 is 4.39 Å². The summed E-state index contributed by atoms with van der Waals surface area (Å²) in [7, 11) is 3.41. The molecule has 5 rings (SSSR count). The van der Waals surface area contributed by atoms with Crippen molar-refractivity contribution >= 4 is 5.82 Å². The van der Waals surface area contributed by atoms with Crippen LogP contribution >= 0.6 is 0 Å². The highest BCUT2D eigenvalue weighted by atomic mass is 19.1. The monoisotopic (exact) mass is 447 g/mol. The van der Waals surface area contributed by atoms with Gasteiger partial charge in [0.15, 0.2) is 0 Å². The third kappa shape index (κ3) is 3.80. The van der Waals surface area contributed by atoms with Crippen LogP contribution in [0.3, 0.4) is 0 Å². The number of aromatic hydroxyl groups is 1. The molecule has 7 nitrogen and oxygen atoms in total. The number of pyridine rings is 1. The second-order valence-corrected chi connectivity index (χ2v) is 8.79. The molecule has 2 aromatic heterocycles. The molecule has 2 aliphatic heterocycles. The van der Waals surface area contributed by atoms with Crippen LogP contribution in [-0.2, 0) is 0 Å². The number of phenolic OH excluding ortho intramolecular Hbond substituents is 1. The van der Waals surface area contributed by atoms with Gasteiger partial charge in [-0.2, -0.15) is 0 Å². The smallest absolute Gasteiger partial charge is 0.213 e. The summed E-state index contributed by atoms with van der Waals surface area (Å²) in [4.78, 5) is 15.0. The lowest BCUT2D eigenvalue weighted by molar-refractivity contribution is 0.128. The molecule has 1 fully saturated rings. The Morgan fingerprint density at radius 3 is 2.70 bits per heavy atom. The lowest BCUT2D eigenvalue weighted by Crippen LogP contribution is -2.62. The van der Waals surface area contributed by atoms with Gasteiger partial charge in [-0.05, 0) is 42.7 Å². The van der Waals surface area contributed by atoms with Gasteiger partial charge in [-0.3, -0.25) is 10.3 Å². The van der Waals surface area contributed by atoms with Crippen LogP contribution in [0.4, 0.5) is 10.2 Å². The van der Waals surface area contributed by atoms with Gasteiger partial charge in [0.05, 0.1) is 36.8 Å². The number of benzene rings is 1. The summed E-state index contributed by atoms with van der Waals surface area (Å²) in [6, 6.07) is 8.90. The van der Waals surface area contributed by atoms with E-state index in [-0.39, 0.29) is 17.8 Å². The van der Waals surface area contributed by atoms with E-state index in [1.54, 1.807) is 43.9 Å². The molecule has 1 aromatic carbocycles. The van der Waals surface area contributed by atoms with Gasteiger partial charge in [0.2, 0.25) is 5.88 Å². The zero-order chi connectivity index (χ0) is 23.2. The zero-order valence-electron chi connectivity index (χ0n) is 18.7. The first-order valence-electron chi connectivity index (χ1n) is 10.9. The molecule has 33 heavy (non-hydrogen) atoms. The van der Waals surface area contributed by atoms with Crippen molar-refractivity contribution in [3.05, 3.63) is 61.1 Å². The number of rotatable bonds is 5. The van der Waals surface area contributed by atoms with E-state index in [2.05, 4.69) is 20.3 Å². The van der Waals surface area contributed by atoms with Crippen LogP contribution < -0.4 is 15.0 Å². The zero-order valence-corrected chi connectivity index (χ0v) is 18.7. The average Bonchev–Trinajstić information content (AvgIpc) is 3.18. The highest BCUT2D eigenvalue weighted by Gasteiger charge is 2.48. The summed E-state index contributed by atoms with van der Waals surface area (Å²) < 4.78 is 20.4. The first-order valence-corrected chi connectivity index (χ1v) is 10.9. The quantitative estimate of drug-likeness (QED) is 0.577. The number of piperidine rings is 1. The van der Waals surface area contributed by atoms with E-state index in [1.807, 2.05) is 43.2 Å². The maximum Gasteiger partial charge on any atom is 0.213 e. The maximum absolute atomic E-state index is 15.2. The predicted octanol–water partition coefficient (Wildman–Crippen LogP) is 3.75. The Morgan fingerprint density at radius 1 is 1.15 bits per heavy atom. The fourth-order valence-electron chi connectivity index (χ4n) is 4.70. The Balaban J connectivity index is 1.36. The van der Waals surface area contributed by atoms with E-state index in [4.69, 9.17) is 4.74 Å². The van der Waals surface area contributed by atoms with Crippen LogP contribution in [-0.4, -0.2) is 58.0 Å². The molecule has 0 amide bonds. The van der Waals surface area contributed by atoms with Crippen LogP contribution in [0.25, 0.3) is 22.4 Å². The second kappa shape index (κ2) is 8.12. The molecular formula is C25H26FN5O2. The number of aromatic nitrogens is 3. The fraction of sp³-hybridized carbons (Fsp3) is 0.320. The van der Waals surface area contributed by atoms with Crippen LogP contribution in [0.2, 0.25) is 0 Å². The van der Waals surface area contributed by atoms with Crippen molar-refractivity contribution in [3.63, 3.8) is 0 Å². The molecule has 2 bridgehead atoms. The number of fused-ring (bicyclic) bond motifs is 2. The van der Waals surface area contributed by atoms with E-state index in [1.165, 1.54) is 0 Å². The van der Waals surface area contributed by atoms with Crippen molar-refractivity contribution < 1.29 is 14.2 Å². The summed E-state index contributed by atoms with van der Waals surface area (Å²) in [6.07, 6.45) is 8.47. The number of phenols is 1. The summed E-state index contributed by atoms with van der Waals surface area (Å²) in [5.74, 6) is 1.19. The second-order valence-electron chi connectivity index (χ2n) is 8.79. The van der Waals surface area contributed by atoms with Gasteiger partial charge in [0.1, 0.15) is 17.7 Å². The highest BCUT2D eigenvalue weighted by molar-refractivity contribution is 5.74. The molecule has 0 spiro atoms. The third-order valence-electron chi connectivity index (χ3n) is 6.63. The van der Waals surface area contributed by atoms with E-state index in [0.29, 0.717) is 29.4 Å². The van der Waals surface area contributed by atoms with Crippen molar-refractivity contribution in [1.82, 2.24) is 20.3 Å². The molecule has 1 saturated heterocycles. The molecule has 170 valence electrons. The summed E-state index contributed by atoms with van der Waals surface area (Å²) in [5, 5.41) is 14.0. The largest absolute Gasteiger partial charge is 0.507 e. The van der Waals surface area contributed by atoms with Gasteiger partial charge < -0.3 is 14.7 Å². The van der Waals surface area contributed by atoms with Crippen molar-refractivity contribution in [3.8, 4) is 34.0 Å². The molecule has 4 heterocycles. The number of anilines is 1. The molecule has 2 N–H and O–H groups in total. The lowest BCUT2D eigenvalue weighted by atomic mass is 9.86. The van der Waals surface area contributed by atoms with Crippen molar-refractivity contribution in [2.45, 2.75) is 37.1 Å². The van der Waals surface area contributed by atoms with Crippen molar-refractivity contribution in [2.75, 3.05) is 19.1 Å². The summed E-state index contributed by atoms with van der Waals surface area (Å²) in [5.41, 5.74) is 2.17.